The number of ether oxygens (including phenoxy) is 2. The van der Waals surface area contributed by atoms with Crippen LogP contribution in [0.4, 0.5) is 9.59 Å². The number of aromatic amines is 1. The number of H-pyrrole nitrogens is 1. The van der Waals surface area contributed by atoms with E-state index in [4.69, 9.17) is 14.0 Å². The number of rotatable bonds is 10. The van der Waals surface area contributed by atoms with Gasteiger partial charge in [0.15, 0.2) is 5.16 Å². The second-order valence-electron chi connectivity index (χ2n) is 15.1. The van der Waals surface area contributed by atoms with Crippen LogP contribution in [0.2, 0.25) is 0 Å². The van der Waals surface area contributed by atoms with E-state index in [1.54, 1.807) is 54.8 Å². The highest BCUT2D eigenvalue weighted by Gasteiger charge is 2.66. The molecule has 2 heterocycles. The standard InChI is InChI=1S/C33H53N4O8P/c1-11-43-46(42)19-18-36(21-23-14-15-24-25(20-23)35-22-34-24)26(30(2,3)4)33(46,27(38)39)16-12-13-17-37(28(40)44-31(5,6)7)29(41)45-32(8,9)10/h14-15,20,22,26H,11-13,16-19,21H2,1-10H3,(H,34,35)(H,38,39). The van der Waals surface area contributed by atoms with Crippen LogP contribution in [0.5, 0.6) is 0 Å². The number of carbonyl (C=O) groups excluding carboxylic acids is 2. The molecule has 0 saturated carbocycles. The van der Waals surface area contributed by atoms with Crippen molar-refractivity contribution in [2.24, 2.45) is 5.41 Å². The number of carbonyl (C=O) groups is 3. The minimum Gasteiger partial charge on any atom is -0.480 e. The maximum Gasteiger partial charge on any atom is 0.419 e. The molecule has 1 aliphatic heterocycles. The number of hydrogen-bond acceptors (Lipinski definition) is 9. The Morgan fingerprint density at radius 3 is 2.17 bits per heavy atom. The Bertz CT molecular complexity index is 1410. The number of carboxylic acid groups (broad SMARTS) is 1. The van der Waals surface area contributed by atoms with Gasteiger partial charge >= 0.3 is 18.2 Å². The van der Waals surface area contributed by atoms with Gasteiger partial charge in [-0.15, -0.1) is 0 Å². The van der Waals surface area contributed by atoms with E-state index in [9.17, 15) is 24.1 Å². The first-order valence-electron chi connectivity index (χ1n) is 16.0. The van der Waals surface area contributed by atoms with Crippen molar-refractivity contribution in [2.45, 2.75) is 117 Å². The topological polar surface area (TPSA) is 151 Å². The van der Waals surface area contributed by atoms with Gasteiger partial charge in [0.05, 0.1) is 24.0 Å². The SMILES string of the molecule is CCOP1(=O)CCN(Cc2ccc3nc[nH]c3c2)C(C(C)(C)C)C1(CCCCN(C(=O)OC(C)(C)C)C(=O)OC(C)(C)C)C(=O)O. The fourth-order valence-corrected chi connectivity index (χ4v) is 9.86. The van der Waals surface area contributed by atoms with Crippen molar-refractivity contribution in [3.8, 4) is 0 Å². The number of unbranched alkanes of at least 4 members (excludes halogenated alkanes) is 1. The van der Waals surface area contributed by atoms with Gasteiger partial charge in [0.2, 0.25) is 7.37 Å². The number of imide groups is 1. The van der Waals surface area contributed by atoms with Gasteiger partial charge in [0.1, 0.15) is 11.2 Å². The van der Waals surface area contributed by atoms with Crippen LogP contribution in [-0.2, 0) is 29.9 Å². The Kier molecular flexibility index (Phi) is 11.4. The van der Waals surface area contributed by atoms with Crippen molar-refractivity contribution < 1.29 is 38.1 Å². The van der Waals surface area contributed by atoms with Crippen molar-refractivity contribution in [3.05, 3.63) is 30.1 Å². The van der Waals surface area contributed by atoms with Gasteiger partial charge in [-0.05, 0) is 90.8 Å². The van der Waals surface area contributed by atoms with Gasteiger partial charge in [0, 0.05) is 31.8 Å². The zero-order chi connectivity index (χ0) is 34.7. The number of nitrogens with zero attached hydrogens (tertiary/aromatic N) is 3. The van der Waals surface area contributed by atoms with Crippen LogP contribution < -0.4 is 0 Å². The van der Waals surface area contributed by atoms with E-state index in [1.807, 2.05) is 39.0 Å². The van der Waals surface area contributed by atoms with Crippen molar-refractivity contribution in [2.75, 3.05) is 25.9 Å². The number of nitrogens with one attached hydrogen (secondary N) is 1. The first-order chi connectivity index (χ1) is 21.1. The summed E-state index contributed by atoms with van der Waals surface area (Å²) < 4.78 is 31.7. The molecule has 46 heavy (non-hydrogen) atoms. The number of aromatic nitrogens is 2. The number of aliphatic carboxylic acids is 1. The fourth-order valence-electron chi connectivity index (χ4n) is 6.45. The highest BCUT2D eigenvalue weighted by Crippen LogP contribution is 2.67. The number of benzene rings is 1. The molecule has 2 N–H and O–H groups in total. The first-order valence-corrected chi connectivity index (χ1v) is 17.8. The largest absolute Gasteiger partial charge is 0.480 e. The van der Waals surface area contributed by atoms with Gasteiger partial charge in [-0.1, -0.05) is 26.8 Å². The van der Waals surface area contributed by atoms with E-state index in [-0.39, 0.29) is 38.6 Å². The van der Waals surface area contributed by atoms with Gasteiger partial charge in [0.25, 0.3) is 0 Å². The van der Waals surface area contributed by atoms with Crippen LogP contribution in [0.3, 0.4) is 0 Å². The summed E-state index contributed by atoms with van der Waals surface area (Å²) in [4.78, 5) is 50.1. The highest BCUT2D eigenvalue weighted by molar-refractivity contribution is 7.62. The van der Waals surface area contributed by atoms with Crippen molar-refractivity contribution >= 4 is 36.6 Å². The molecule has 1 saturated heterocycles. The molecule has 0 spiro atoms. The molecule has 3 atom stereocenters. The quantitative estimate of drug-likeness (QED) is 0.196. The van der Waals surface area contributed by atoms with Gasteiger partial charge in [-0.3, -0.25) is 14.3 Å². The summed E-state index contributed by atoms with van der Waals surface area (Å²) >= 11 is 0. The summed E-state index contributed by atoms with van der Waals surface area (Å²) in [5.74, 6) is -1.17. The van der Waals surface area contributed by atoms with E-state index in [0.29, 0.717) is 13.1 Å². The number of amides is 2. The molecule has 3 rings (SSSR count). The summed E-state index contributed by atoms with van der Waals surface area (Å²) in [6, 6.07) is 5.25. The van der Waals surface area contributed by atoms with Crippen LogP contribution in [0, 0.1) is 5.41 Å². The summed E-state index contributed by atoms with van der Waals surface area (Å²) in [7, 11) is -3.75. The predicted molar refractivity (Wildman–Crippen MR) is 177 cm³/mol. The van der Waals surface area contributed by atoms with E-state index in [2.05, 4.69) is 14.9 Å². The molecule has 0 bridgehead atoms. The van der Waals surface area contributed by atoms with Crippen molar-refractivity contribution in [3.63, 3.8) is 0 Å². The lowest BCUT2D eigenvalue weighted by molar-refractivity contribution is -0.146. The Morgan fingerprint density at radius 2 is 1.65 bits per heavy atom. The monoisotopic (exact) mass is 664 g/mol. The lowest BCUT2D eigenvalue weighted by Crippen LogP contribution is -2.66. The maximum absolute atomic E-state index is 14.8. The highest BCUT2D eigenvalue weighted by atomic mass is 31.2. The maximum atomic E-state index is 14.8. The Labute approximate surface area is 273 Å². The van der Waals surface area contributed by atoms with Crippen LogP contribution in [0.25, 0.3) is 11.0 Å². The minimum absolute atomic E-state index is 0.0219. The Hall–Kier alpha value is -2.95. The lowest BCUT2D eigenvalue weighted by Gasteiger charge is -2.55. The Morgan fingerprint density at radius 1 is 1.04 bits per heavy atom. The third kappa shape index (κ3) is 8.69. The summed E-state index contributed by atoms with van der Waals surface area (Å²) in [5.41, 5.74) is 0.393. The molecule has 1 aromatic heterocycles. The molecule has 1 aliphatic rings. The van der Waals surface area contributed by atoms with Crippen LogP contribution in [0.15, 0.2) is 24.5 Å². The molecule has 0 aliphatic carbocycles. The van der Waals surface area contributed by atoms with Gasteiger partial charge in [-0.25, -0.2) is 19.5 Å². The molecule has 258 valence electrons. The second-order valence-corrected chi connectivity index (χ2v) is 18.0. The molecule has 13 heteroatoms. The summed E-state index contributed by atoms with van der Waals surface area (Å²) in [5, 5.41) is 9.34. The zero-order valence-corrected chi connectivity index (χ0v) is 30.0. The molecule has 1 aromatic carbocycles. The first kappa shape index (κ1) is 37.5. The van der Waals surface area contributed by atoms with E-state index in [1.165, 1.54) is 0 Å². The van der Waals surface area contributed by atoms with Crippen molar-refractivity contribution in [1.29, 1.82) is 0 Å². The molecule has 2 amide bonds. The van der Waals surface area contributed by atoms with E-state index in [0.717, 1.165) is 21.5 Å². The molecule has 3 unspecified atom stereocenters. The zero-order valence-electron chi connectivity index (χ0n) is 29.1. The number of fused-ring (bicyclic) bond motifs is 1. The molecular weight excluding hydrogens is 611 g/mol. The number of carboxylic acids is 1. The second kappa shape index (κ2) is 14.0. The molecular formula is C33H53N4O8P. The third-order valence-electron chi connectivity index (χ3n) is 7.92. The van der Waals surface area contributed by atoms with Gasteiger partial charge < -0.3 is 24.1 Å². The fraction of sp³-hybridized carbons (Fsp3) is 0.697. The van der Waals surface area contributed by atoms with E-state index >= 15 is 0 Å². The van der Waals surface area contributed by atoms with Crippen LogP contribution in [0.1, 0.15) is 94.1 Å². The average molecular weight is 665 g/mol. The number of hydrogen-bond donors (Lipinski definition) is 2. The molecule has 1 fully saturated rings. The smallest absolute Gasteiger partial charge is 0.419 e. The third-order valence-corrected chi connectivity index (χ3v) is 11.3. The number of imidazole rings is 1. The molecule has 12 nitrogen and oxygen atoms in total. The van der Waals surface area contributed by atoms with Crippen LogP contribution in [-0.4, -0.2) is 91.3 Å². The molecule has 2 aromatic rings. The van der Waals surface area contributed by atoms with E-state index < -0.39 is 53.3 Å². The molecule has 0 radical (unpaired) electrons. The average Bonchev–Trinajstić information content (AvgIpc) is 3.35. The lowest BCUT2D eigenvalue weighted by atomic mass is 9.74. The van der Waals surface area contributed by atoms with Crippen LogP contribution >= 0.6 is 7.37 Å². The Balaban J connectivity index is 1.95. The minimum atomic E-state index is -3.75. The summed E-state index contributed by atoms with van der Waals surface area (Å²) in [6.07, 6.45) is 0.551. The predicted octanol–water partition coefficient (Wildman–Crippen LogP) is 7.27. The van der Waals surface area contributed by atoms with Gasteiger partial charge in [-0.2, -0.15) is 0 Å². The normalized spacial score (nSPS) is 22.9. The summed E-state index contributed by atoms with van der Waals surface area (Å²) in [6.45, 7) is 18.7. The van der Waals surface area contributed by atoms with Crippen molar-refractivity contribution in [1.82, 2.24) is 19.8 Å².